The molecule has 33 heavy (non-hydrogen) atoms. The highest BCUT2D eigenvalue weighted by Crippen LogP contribution is 2.23. The zero-order valence-corrected chi connectivity index (χ0v) is 18.8. The number of anilines is 1. The molecule has 0 unspecified atom stereocenters. The Morgan fingerprint density at radius 3 is 2.58 bits per heavy atom. The number of rotatable bonds is 8. The number of para-hydroxylation sites is 1. The SMILES string of the molecule is CCOC(=O)c1ccccc1NC(=O)CSc1nnc2ccc(-c3ccc(OC)cc3)nn12. The van der Waals surface area contributed by atoms with E-state index in [2.05, 4.69) is 20.6 Å². The first kappa shape index (κ1) is 22.3. The Hall–Kier alpha value is -3.92. The average molecular weight is 464 g/mol. The van der Waals surface area contributed by atoms with E-state index in [1.807, 2.05) is 36.4 Å². The minimum Gasteiger partial charge on any atom is -0.497 e. The normalized spacial score (nSPS) is 10.7. The molecule has 1 amide bonds. The summed E-state index contributed by atoms with van der Waals surface area (Å²) in [6.07, 6.45) is 0. The Morgan fingerprint density at radius 1 is 1.03 bits per heavy atom. The van der Waals surface area contributed by atoms with E-state index < -0.39 is 5.97 Å². The number of nitrogens with zero attached hydrogens (tertiary/aromatic N) is 4. The van der Waals surface area contributed by atoms with Gasteiger partial charge >= 0.3 is 5.97 Å². The molecule has 0 atom stereocenters. The van der Waals surface area contributed by atoms with Crippen LogP contribution in [0.1, 0.15) is 17.3 Å². The summed E-state index contributed by atoms with van der Waals surface area (Å²) in [5.74, 6) is 0.0438. The number of fused-ring (bicyclic) bond motifs is 1. The minimum absolute atomic E-state index is 0.0619. The molecule has 0 aliphatic rings. The summed E-state index contributed by atoms with van der Waals surface area (Å²) >= 11 is 1.20. The Labute approximate surface area is 194 Å². The van der Waals surface area contributed by atoms with Gasteiger partial charge in [0.05, 0.1) is 36.4 Å². The van der Waals surface area contributed by atoms with Crippen molar-refractivity contribution in [1.82, 2.24) is 19.8 Å². The van der Waals surface area contributed by atoms with E-state index in [1.54, 1.807) is 42.8 Å². The molecular weight excluding hydrogens is 442 g/mol. The number of hydrogen-bond acceptors (Lipinski definition) is 8. The standard InChI is InChI=1S/C23H21N5O4S/c1-3-32-22(30)17-6-4-5-7-19(17)24-21(29)14-33-23-26-25-20-13-12-18(27-28(20)23)15-8-10-16(31-2)11-9-15/h4-13H,3,14H2,1-2H3,(H,24,29). The maximum absolute atomic E-state index is 12.6. The number of carbonyl (C=O) groups is 2. The molecule has 2 heterocycles. The van der Waals surface area contributed by atoms with Crippen LogP contribution in [0.3, 0.4) is 0 Å². The van der Waals surface area contributed by atoms with E-state index in [0.717, 1.165) is 17.0 Å². The van der Waals surface area contributed by atoms with E-state index >= 15 is 0 Å². The van der Waals surface area contributed by atoms with Crippen LogP contribution in [0.25, 0.3) is 16.9 Å². The van der Waals surface area contributed by atoms with Gasteiger partial charge in [-0.05, 0) is 55.5 Å². The number of nitrogens with one attached hydrogen (secondary N) is 1. The number of amides is 1. The molecule has 0 radical (unpaired) electrons. The highest BCUT2D eigenvalue weighted by atomic mass is 32.2. The second-order valence-electron chi connectivity index (χ2n) is 6.80. The van der Waals surface area contributed by atoms with E-state index in [0.29, 0.717) is 22.1 Å². The molecule has 0 bridgehead atoms. The number of methoxy groups -OCH3 is 1. The van der Waals surface area contributed by atoms with Crippen molar-refractivity contribution in [2.75, 3.05) is 24.8 Å². The molecule has 2 aromatic carbocycles. The third kappa shape index (κ3) is 5.12. The summed E-state index contributed by atoms with van der Waals surface area (Å²) in [5.41, 5.74) is 2.92. The van der Waals surface area contributed by atoms with Gasteiger partial charge in [-0.25, -0.2) is 4.79 Å². The second kappa shape index (κ2) is 10.1. The van der Waals surface area contributed by atoms with Gasteiger partial charge in [-0.3, -0.25) is 4.79 Å². The second-order valence-corrected chi connectivity index (χ2v) is 7.75. The summed E-state index contributed by atoms with van der Waals surface area (Å²) in [4.78, 5) is 24.7. The van der Waals surface area contributed by atoms with Crippen LogP contribution in [0.4, 0.5) is 5.69 Å². The summed E-state index contributed by atoms with van der Waals surface area (Å²) < 4.78 is 11.8. The Kier molecular flexibility index (Phi) is 6.84. The van der Waals surface area contributed by atoms with Gasteiger partial charge in [0.25, 0.3) is 0 Å². The third-order valence-corrected chi connectivity index (χ3v) is 5.57. The van der Waals surface area contributed by atoms with Gasteiger partial charge in [-0.1, -0.05) is 23.9 Å². The van der Waals surface area contributed by atoms with Gasteiger partial charge in [0, 0.05) is 5.56 Å². The third-order valence-electron chi connectivity index (χ3n) is 4.65. The van der Waals surface area contributed by atoms with Crippen molar-refractivity contribution in [2.24, 2.45) is 0 Å². The lowest BCUT2D eigenvalue weighted by Gasteiger charge is -2.10. The smallest absolute Gasteiger partial charge is 0.340 e. The van der Waals surface area contributed by atoms with Gasteiger partial charge in [0.15, 0.2) is 5.65 Å². The molecule has 0 spiro atoms. The largest absolute Gasteiger partial charge is 0.497 e. The lowest BCUT2D eigenvalue weighted by molar-refractivity contribution is -0.113. The van der Waals surface area contributed by atoms with Gasteiger partial charge in [0.2, 0.25) is 11.1 Å². The maximum atomic E-state index is 12.6. The molecule has 4 aromatic rings. The molecule has 0 saturated heterocycles. The van der Waals surface area contributed by atoms with Crippen LogP contribution in [0.2, 0.25) is 0 Å². The first-order valence-corrected chi connectivity index (χ1v) is 11.1. The Balaban J connectivity index is 1.47. The van der Waals surface area contributed by atoms with Crippen molar-refractivity contribution < 1.29 is 19.1 Å². The number of carbonyl (C=O) groups excluding carboxylic acids is 2. The van der Waals surface area contributed by atoms with Crippen molar-refractivity contribution >= 4 is 35.0 Å². The van der Waals surface area contributed by atoms with Gasteiger partial charge in [-0.15, -0.1) is 10.2 Å². The highest BCUT2D eigenvalue weighted by Gasteiger charge is 2.16. The fraction of sp³-hybridized carbons (Fsp3) is 0.174. The van der Waals surface area contributed by atoms with Crippen LogP contribution in [-0.2, 0) is 9.53 Å². The van der Waals surface area contributed by atoms with Crippen LogP contribution in [0.15, 0.2) is 65.8 Å². The monoisotopic (exact) mass is 463 g/mol. The fourth-order valence-corrected chi connectivity index (χ4v) is 3.76. The van der Waals surface area contributed by atoms with Crippen LogP contribution in [-0.4, -0.2) is 51.2 Å². The van der Waals surface area contributed by atoms with E-state index in [4.69, 9.17) is 9.47 Å². The zero-order chi connectivity index (χ0) is 23.2. The number of esters is 1. The summed E-state index contributed by atoms with van der Waals surface area (Å²) in [6.45, 7) is 1.98. The Morgan fingerprint density at radius 2 is 1.82 bits per heavy atom. The fourth-order valence-electron chi connectivity index (χ4n) is 3.07. The quantitative estimate of drug-likeness (QED) is 0.311. The van der Waals surface area contributed by atoms with Crippen molar-refractivity contribution in [3.8, 4) is 17.0 Å². The molecule has 168 valence electrons. The van der Waals surface area contributed by atoms with E-state index in [9.17, 15) is 9.59 Å². The molecule has 9 nitrogen and oxygen atoms in total. The van der Waals surface area contributed by atoms with Crippen LogP contribution < -0.4 is 10.1 Å². The molecule has 4 rings (SSSR count). The summed E-state index contributed by atoms with van der Waals surface area (Å²) in [7, 11) is 1.62. The van der Waals surface area contributed by atoms with E-state index in [1.165, 1.54) is 11.8 Å². The first-order chi connectivity index (χ1) is 16.1. The minimum atomic E-state index is -0.486. The van der Waals surface area contributed by atoms with Crippen LogP contribution in [0, 0.1) is 0 Å². The molecule has 0 saturated carbocycles. The Bertz CT molecular complexity index is 1290. The highest BCUT2D eigenvalue weighted by molar-refractivity contribution is 7.99. The number of hydrogen-bond donors (Lipinski definition) is 1. The number of ether oxygens (including phenoxy) is 2. The number of aromatic nitrogens is 4. The predicted molar refractivity (Wildman–Crippen MR) is 125 cm³/mol. The number of benzene rings is 2. The lowest BCUT2D eigenvalue weighted by atomic mass is 10.1. The van der Waals surface area contributed by atoms with Crippen LogP contribution in [0.5, 0.6) is 5.75 Å². The molecular formula is C23H21N5O4S. The van der Waals surface area contributed by atoms with E-state index in [-0.39, 0.29) is 18.3 Å². The zero-order valence-electron chi connectivity index (χ0n) is 18.0. The lowest BCUT2D eigenvalue weighted by Crippen LogP contribution is -2.17. The molecule has 2 aromatic heterocycles. The topological polar surface area (TPSA) is 108 Å². The van der Waals surface area contributed by atoms with Crippen molar-refractivity contribution in [2.45, 2.75) is 12.1 Å². The predicted octanol–water partition coefficient (Wildman–Crippen LogP) is 3.71. The summed E-state index contributed by atoms with van der Waals surface area (Å²) in [6, 6.07) is 18.0. The van der Waals surface area contributed by atoms with Crippen molar-refractivity contribution in [1.29, 1.82) is 0 Å². The summed E-state index contributed by atoms with van der Waals surface area (Å²) in [5, 5.41) is 16.1. The van der Waals surface area contributed by atoms with Gasteiger partial charge in [-0.2, -0.15) is 9.61 Å². The molecule has 0 aliphatic carbocycles. The molecule has 10 heteroatoms. The average Bonchev–Trinajstić information content (AvgIpc) is 3.25. The molecule has 0 fully saturated rings. The van der Waals surface area contributed by atoms with Crippen LogP contribution >= 0.6 is 11.8 Å². The molecule has 0 aliphatic heterocycles. The first-order valence-electron chi connectivity index (χ1n) is 10.1. The van der Waals surface area contributed by atoms with Crippen molar-refractivity contribution in [3.05, 3.63) is 66.2 Å². The number of thioether (sulfide) groups is 1. The molecule has 1 N–H and O–H groups in total. The van der Waals surface area contributed by atoms with Gasteiger partial charge < -0.3 is 14.8 Å². The van der Waals surface area contributed by atoms with Gasteiger partial charge in [0.1, 0.15) is 5.75 Å². The van der Waals surface area contributed by atoms with Crippen molar-refractivity contribution in [3.63, 3.8) is 0 Å². The maximum Gasteiger partial charge on any atom is 0.340 e.